The summed E-state index contributed by atoms with van der Waals surface area (Å²) in [5.41, 5.74) is 0.598. The first-order valence-electron chi connectivity index (χ1n) is 8.37. The third-order valence-corrected chi connectivity index (χ3v) is 6.78. The van der Waals surface area contributed by atoms with Gasteiger partial charge in [0.2, 0.25) is 5.91 Å². The molecule has 2 rings (SSSR count). The number of anilines is 1. The van der Waals surface area contributed by atoms with Crippen LogP contribution in [-0.2, 0) is 20.8 Å². The van der Waals surface area contributed by atoms with Gasteiger partial charge in [0.05, 0.1) is 30.1 Å². The maximum Gasteiger partial charge on any atom is 0.348 e. The van der Waals surface area contributed by atoms with Crippen LogP contribution < -0.4 is 5.32 Å². The fourth-order valence-corrected chi connectivity index (χ4v) is 5.20. The molecule has 0 saturated heterocycles. The van der Waals surface area contributed by atoms with Crippen molar-refractivity contribution in [3.8, 4) is 0 Å². The van der Waals surface area contributed by atoms with Gasteiger partial charge in [0.25, 0.3) is 0 Å². The first-order chi connectivity index (χ1) is 13.3. The van der Waals surface area contributed by atoms with Crippen molar-refractivity contribution in [3.05, 3.63) is 36.8 Å². The average molecular weight is 489 g/mol. The number of rotatable bonds is 8. The highest BCUT2D eigenvalue weighted by molar-refractivity contribution is 9.11. The summed E-state index contributed by atoms with van der Waals surface area (Å²) >= 11 is 6.05. The van der Waals surface area contributed by atoms with Gasteiger partial charge in [-0.15, -0.1) is 22.7 Å². The molecule has 152 valence electrons. The number of nitrogens with zero attached hydrogens (tertiary/aromatic N) is 1. The number of nitrogens with one attached hydrogen (secondary N) is 1. The van der Waals surface area contributed by atoms with E-state index in [0.717, 1.165) is 20.0 Å². The topological polar surface area (TPSA) is 84.9 Å². The SMILES string of the molecule is CCN(CC(=O)Nc1sc(C(=O)OC)c(C)c1C(=O)OC)Cc1ccc(Br)s1. The van der Waals surface area contributed by atoms with E-state index >= 15 is 0 Å². The zero-order valence-electron chi connectivity index (χ0n) is 16.0. The lowest BCUT2D eigenvalue weighted by atomic mass is 10.1. The van der Waals surface area contributed by atoms with E-state index < -0.39 is 11.9 Å². The minimum Gasteiger partial charge on any atom is -0.465 e. The van der Waals surface area contributed by atoms with Gasteiger partial charge >= 0.3 is 11.9 Å². The van der Waals surface area contributed by atoms with Gasteiger partial charge in [-0.2, -0.15) is 0 Å². The zero-order valence-corrected chi connectivity index (χ0v) is 19.2. The van der Waals surface area contributed by atoms with E-state index in [1.807, 2.05) is 24.0 Å². The van der Waals surface area contributed by atoms with Gasteiger partial charge < -0.3 is 14.8 Å². The molecule has 0 aliphatic carbocycles. The molecule has 7 nitrogen and oxygen atoms in total. The molecule has 2 heterocycles. The number of thiophene rings is 2. The highest BCUT2D eigenvalue weighted by Crippen LogP contribution is 2.34. The molecule has 1 amide bonds. The summed E-state index contributed by atoms with van der Waals surface area (Å²) in [6.45, 7) is 5.07. The predicted octanol–water partition coefficient (Wildman–Crippen LogP) is 3.91. The van der Waals surface area contributed by atoms with Crippen molar-refractivity contribution in [3.63, 3.8) is 0 Å². The first-order valence-corrected chi connectivity index (χ1v) is 10.8. The number of halogens is 1. The Kier molecular flexibility index (Phi) is 8.17. The fraction of sp³-hybridized carbons (Fsp3) is 0.389. The minimum absolute atomic E-state index is 0.150. The number of hydrogen-bond donors (Lipinski definition) is 1. The van der Waals surface area contributed by atoms with Gasteiger partial charge in [-0.1, -0.05) is 6.92 Å². The van der Waals surface area contributed by atoms with Crippen LogP contribution >= 0.6 is 38.6 Å². The molecule has 2 aromatic rings. The Morgan fingerprint density at radius 1 is 1.14 bits per heavy atom. The van der Waals surface area contributed by atoms with Crippen LogP contribution in [0.2, 0.25) is 0 Å². The molecule has 1 N–H and O–H groups in total. The molecule has 0 fully saturated rings. The predicted molar refractivity (Wildman–Crippen MR) is 113 cm³/mol. The standard InChI is InChI=1S/C18H21BrN2O5S2/c1-5-21(8-11-6-7-12(19)27-11)9-13(22)20-16-14(17(23)25-3)10(2)15(28-16)18(24)26-4/h6-7H,5,8-9H2,1-4H3,(H,20,22). The third kappa shape index (κ3) is 5.40. The van der Waals surface area contributed by atoms with Crippen LogP contribution in [0.3, 0.4) is 0 Å². The van der Waals surface area contributed by atoms with Gasteiger partial charge in [0.15, 0.2) is 0 Å². The van der Waals surface area contributed by atoms with E-state index in [0.29, 0.717) is 18.7 Å². The number of methoxy groups -OCH3 is 2. The molecule has 0 aliphatic heterocycles. The Morgan fingerprint density at radius 3 is 2.36 bits per heavy atom. The molecule has 0 bridgehead atoms. The van der Waals surface area contributed by atoms with Gasteiger partial charge in [-0.3, -0.25) is 9.69 Å². The maximum atomic E-state index is 12.6. The smallest absolute Gasteiger partial charge is 0.348 e. The first kappa shape index (κ1) is 22.5. The van der Waals surface area contributed by atoms with E-state index in [9.17, 15) is 14.4 Å². The molecule has 0 spiro atoms. The summed E-state index contributed by atoms with van der Waals surface area (Å²) in [4.78, 5) is 40.0. The molecule has 0 aliphatic rings. The summed E-state index contributed by atoms with van der Waals surface area (Å²) in [6, 6.07) is 3.98. The van der Waals surface area contributed by atoms with Crippen LogP contribution in [-0.4, -0.2) is 50.1 Å². The van der Waals surface area contributed by atoms with Crippen LogP contribution in [0.1, 0.15) is 37.4 Å². The van der Waals surface area contributed by atoms with Crippen LogP contribution in [0.15, 0.2) is 15.9 Å². The van der Waals surface area contributed by atoms with Crippen molar-refractivity contribution in [2.75, 3.05) is 32.6 Å². The molecular weight excluding hydrogens is 468 g/mol. The number of carbonyl (C=O) groups is 3. The van der Waals surface area contributed by atoms with E-state index in [2.05, 4.69) is 21.2 Å². The molecule has 28 heavy (non-hydrogen) atoms. The summed E-state index contributed by atoms with van der Waals surface area (Å²) in [7, 11) is 2.51. The molecular formula is C18H21BrN2O5S2. The molecule has 0 saturated carbocycles. The van der Waals surface area contributed by atoms with Gasteiger partial charge in [-0.05, 0) is 47.1 Å². The van der Waals surface area contributed by atoms with Crippen molar-refractivity contribution in [1.29, 1.82) is 0 Å². The summed E-state index contributed by atoms with van der Waals surface area (Å²) in [6.07, 6.45) is 0. The van der Waals surface area contributed by atoms with Crippen molar-refractivity contribution >= 4 is 61.5 Å². The Bertz CT molecular complexity index is 877. The third-order valence-electron chi connectivity index (χ3n) is 3.98. The fourth-order valence-electron chi connectivity index (χ4n) is 2.54. The van der Waals surface area contributed by atoms with Crippen LogP contribution in [0, 0.1) is 6.92 Å². The second-order valence-corrected chi connectivity index (χ2v) is 9.37. The number of carbonyl (C=O) groups excluding carboxylic acids is 3. The Morgan fingerprint density at radius 2 is 1.82 bits per heavy atom. The summed E-state index contributed by atoms with van der Waals surface area (Å²) in [5.74, 6) is -1.46. The van der Waals surface area contributed by atoms with Crippen LogP contribution in [0.4, 0.5) is 5.00 Å². The van der Waals surface area contributed by atoms with Gasteiger partial charge in [0, 0.05) is 11.4 Å². The Labute approximate surface area is 179 Å². The normalized spacial score (nSPS) is 10.8. The van der Waals surface area contributed by atoms with Crippen LogP contribution in [0.5, 0.6) is 0 Å². The summed E-state index contributed by atoms with van der Waals surface area (Å²) in [5, 5.41) is 3.03. The minimum atomic E-state index is -0.616. The summed E-state index contributed by atoms with van der Waals surface area (Å²) < 4.78 is 10.6. The largest absolute Gasteiger partial charge is 0.465 e. The highest BCUT2D eigenvalue weighted by atomic mass is 79.9. The number of amides is 1. The number of ether oxygens (including phenoxy) is 2. The van der Waals surface area contributed by atoms with E-state index in [4.69, 9.17) is 9.47 Å². The average Bonchev–Trinajstić information content (AvgIpc) is 3.22. The molecule has 0 aromatic carbocycles. The maximum absolute atomic E-state index is 12.6. The van der Waals surface area contributed by atoms with Gasteiger partial charge in [-0.25, -0.2) is 9.59 Å². The van der Waals surface area contributed by atoms with E-state index in [1.54, 1.807) is 18.3 Å². The molecule has 10 heteroatoms. The van der Waals surface area contributed by atoms with Crippen LogP contribution in [0.25, 0.3) is 0 Å². The molecule has 0 unspecified atom stereocenters. The second-order valence-electron chi connectivity index (χ2n) is 5.80. The van der Waals surface area contributed by atoms with E-state index in [-0.39, 0.29) is 27.9 Å². The number of likely N-dealkylation sites (N-methyl/N-ethyl adjacent to an activating group) is 1. The quantitative estimate of drug-likeness (QED) is 0.566. The number of hydrogen-bond acceptors (Lipinski definition) is 8. The van der Waals surface area contributed by atoms with Crippen molar-refractivity contribution < 1.29 is 23.9 Å². The van der Waals surface area contributed by atoms with Gasteiger partial charge in [0.1, 0.15) is 9.88 Å². The monoisotopic (exact) mass is 488 g/mol. The highest BCUT2D eigenvalue weighted by Gasteiger charge is 2.27. The van der Waals surface area contributed by atoms with E-state index in [1.165, 1.54) is 14.2 Å². The lowest BCUT2D eigenvalue weighted by molar-refractivity contribution is -0.117. The lowest BCUT2D eigenvalue weighted by Crippen LogP contribution is -2.32. The second kappa shape index (κ2) is 10.1. The number of esters is 2. The molecule has 2 aromatic heterocycles. The molecule has 0 atom stereocenters. The Hall–Kier alpha value is -1.75. The lowest BCUT2D eigenvalue weighted by Gasteiger charge is -2.18. The molecule has 0 radical (unpaired) electrons. The van der Waals surface area contributed by atoms with Crippen molar-refractivity contribution in [2.24, 2.45) is 0 Å². The van der Waals surface area contributed by atoms with Crippen molar-refractivity contribution in [2.45, 2.75) is 20.4 Å². The zero-order chi connectivity index (χ0) is 20.8. The van der Waals surface area contributed by atoms with Crippen molar-refractivity contribution in [1.82, 2.24) is 4.90 Å². The Balaban J connectivity index is 2.17.